The number of hydrogen-bond donors (Lipinski definition) is 2. The fourth-order valence-electron chi connectivity index (χ4n) is 3.73. The highest BCUT2D eigenvalue weighted by Gasteiger charge is 2.38. The van der Waals surface area contributed by atoms with E-state index in [4.69, 9.17) is 4.74 Å². The lowest BCUT2D eigenvalue weighted by atomic mass is 10.1. The Labute approximate surface area is 158 Å². The summed E-state index contributed by atoms with van der Waals surface area (Å²) < 4.78 is 7.03. The van der Waals surface area contributed by atoms with E-state index in [-0.39, 0.29) is 12.1 Å². The fraction of sp³-hybridized carbons (Fsp3) is 0.474. The number of urea groups is 1. The molecule has 2 saturated heterocycles. The number of β-amino-alcohol motifs (C(OH)–C–C–N with tert-alkyl or cyclic N) is 1. The van der Waals surface area contributed by atoms with Crippen molar-refractivity contribution in [2.45, 2.75) is 12.1 Å². The van der Waals surface area contributed by atoms with Gasteiger partial charge in [-0.2, -0.15) is 5.10 Å². The first kappa shape index (κ1) is 18.0. The molecule has 3 heterocycles. The number of ether oxygens (including phenoxy) is 1. The molecule has 8 heteroatoms. The highest BCUT2D eigenvalue weighted by Crippen LogP contribution is 2.23. The SMILES string of the molecule is Cn1nc(-c2ccccc2)cc1NC(=O)N1CC(O)C(N2CCOCC2)C1. The van der Waals surface area contributed by atoms with Crippen molar-refractivity contribution in [1.82, 2.24) is 19.6 Å². The Kier molecular flexibility index (Phi) is 5.11. The number of likely N-dealkylation sites (tertiary alicyclic amines) is 1. The highest BCUT2D eigenvalue weighted by molar-refractivity contribution is 5.89. The largest absolute Gasteiger partial charge is 0.390 e. The summed E-state index contributed by atoms with van der Waals surface area (Å²) in [5.41, 5.74) is 1.80. The van der Waals surface area contributed by atoms with Crippen molar-refractivity contribution in [3.8, 4) is 11.3 Å². The van der Waals surface area contributed by atoms with Crippen LogP contribution in [0.25, 0.3) is 11.3 Å². The summed E-state index contributed by atoms with van der Waals surface area (Å²) in [4.78, 5) is 16.6. The van der Waals surface area contributed by atoms with Gasteiger partial charge in [0.25, 0.3) is 0 Å². The molecule has 0 saturated carbocycles. The third kappa shape index (κ3) is 3.83. The molecular formula is C19H25N5O3. The number of carbonyl (C=O) groups excluding carboxylic acids is 1. The molecule has 2 fully saturated rings. The second kappa shape index (κ2) is 7.67. The van der Waals surface area contributed by atoms with E-state index in [9.17, 15) is 9.90 Å². The lowest BCUT2D eigenvalue weighted by molar-refractivity contribution is -0.00607. The summed E-state index contributed by atoms with van der Waals surface area (Å²) in [5.74, 6) is 0.628. The van der Waals surface area contributed by atoms with Gasteiger partial charge in [0, 0.05) is 38.3 Å². The van der Waals surface area contributed by atoms with Gasteiger partial charge < -0.3 is 14.7 Å². The topological polar surface area (TPSA) is 82.9 Å². The highest BCUT2D eigenvalue weighted by atomic mass is 16.5. The van der Waals surface area contributed by atoms with Crippen molar-refractivity contribution in [2.24, 2.45) is 7.05 Å². The van der Waals surface area contributed by atoms with Gasteiger partial charge in [0.15, 0.2) is 0 Å². The fourth-order valence-corrected chi connectivity index (χ4v) is 3.73. The molecule has 27 heavy (non-hydrogen) atoms. The second-order valence-electron chi connectivity index (χ2n) is 7.02. The Bertz CT molecular complexity index is 788. The van der Waals surface area contributed by atoms with E-state index in [1.165, 1.54) is 0 Å². The van der Waals surface area contributed by atoms with Crippen LogP contribution >= 0.6 is 0 Å². The summed E-state index contributed by atoms with van der Waals surface area (Å²) >= 11 is 0. The van der Waals surface area contributed by atoms with Crippen molar-refractivity contribution < 1.29 is 14.6 Å². The monoisotopic (exact) mass is 371 g/mol. The first-order chi connectivity index (χ1) is 13.1. The van der Waals surface area contributed by atoms with Gasteiger partial charge in [-0.05, 0) is 0 Å². The summed E-state index contributed by atoms with van der Waals surface area (Å²) in [6, 6.07) is 11.4. The predicted octanol–water partition coefficient (Wildman–Crippen LogP) is 0.996. The average Bonchev–Trinajstić information content (AvgIpc) is 3.26. The number of benzene rings is 1. The average molecular weight is 371 g/mol. The molecule has 2 amide bonds. The van der Waals surface area contributed by atoms with E-state index in [1.54, 1.807) is 16.6 Å². The lowest BCUT2D eigenvalue weighted by Crippen LogP contribution is -2.49. The Morgan fingerprint density at radius 1 is 1.22 bits per heavy atom. The van der Waals surface area contributed by atoms with Gasteiger partial charge in [-0.15, -0.1) is 0 Å². The third-order valence-corrected chi connectivity index (χ3v) is 5.25. The van der Waals surface area contributed by atoms with E-state index in [2.05, 4.69) is 15.3 Å². The van der Waals surface area contributed by atoms with Crippen molar-refractivity contribution in [3.05, 3.63) is 36.4 Å². The number of aliphatic hydroxyl groups is 1. The number of morpholine rings is 1. The number of hydrogen-bond acceptors (Lipinski definition) is 5. The molecule has 2 unspecified atom stereocenters. The molecule has 144 valence electrons. The van der Waals surface area contributed by atoms with Crippen molar-refractivity contribution in [3.63, 3.8) is 0 Å². The zero-order valence-electron chi connectivity index (χ0n) is 15.4. The molecule has 0 bridgehead atoms. The Morgan fingerprint density at radius 2 is 1.96 bits per heavy atom. The summed E-state index contributed by atoms with van der Waals surface area (Å²) in [5, 5.41) is 17.8. The summed E-state index contributed by atoms with van der Waals surface area (Å²) in [6.07, 6.45) is -0.541. The van der Waals surface area contributed by atoms with Crippen LogP contribution < -0.4 is 5.32 Å². The molecule has 2 aliphatic rings. The van der Waals surface area contributed by atoms with Crippen LogP contribution in [0.2, 0.25) is 0 Å². The smallest absolute Gasteiger partial charge is 0.323 e. The third-order valence-electron chi connectivity index (χ3n) is 5.25. The van der Waals surface area contributed by atoms with E-state index >= 15 is 0 Å². The molecular weight excluding hydrogens is 346 g/mol. The van der Waals surface area contributed by atoms with Gasteiger partial charge in [0.1, 0.15) is 5.82 Å². The van der Waals surface area contributed by atoms with Crippen molar-refractivity contribution in [1.29, 1.82) is 0 Å². The molecule has 2 aliphatic heterocycles. The molecule has 0 radical (unpaired) electrons. The van der Waals surface area contributed by atoms with Gasteiger partial charge in [-0.25, -0.2) is 4.79 Å². The van der Waals surface area contributed by atoms with Gasteiger partial charge in [0.2, 0.25) is 0 Å². The van der Waals surface area contributed by atoms with Crippen LogP contribution in [0.5, 0.6) is 0 Å². The number of rotatable bonds is 3. The van der Waals surface area contributed by atoms with E-state index in [1.807, 2.05) is 36.4 Å². The van der Waals surface area contributed by atoms with Gasteiger partial charge in [-0.1, -0.05) is 30.3 Å². The molecule has 0 spiro atoms. The first-order valence-corrected chi connectivity index (χ1v) is 9.27. The van der Waals surface area contributed by atoms with Crippen molar-refractivity contribution >= 4 is 11.8 Å². The van der Waals surface area contributed by atoms with Crippen LogP contribution in [0.1, 0.15) is 0 Å². The van der Waals surface area contributed by atoms with Crippen LogP contribution in [0, 0.1) is 0 Å². The van der Waals surface area contributed by atoms with Crippen LogP contribution in [0.15, 0.2) is 36.4 Å². The maximum absolute atomic E-state index is 12.7. The normalized spacial score (nSPS) is 23.6. The van der Waals surface area contributed by atoms with E-state index in [0.29, 0.717) is 32.1 Å². The van der Waals surface area contributed by atoms with E-state index in [0.717, 1.165) is 24.3 Å². The number of nitrogens with one attached hydrogen (secondary N) is 1. The number of nitrogens with zero attached hydrogens (tertiary/aromatic N) is 4. The minimum Gasteiger partial charge on any atom is -0.390 e. The molecule has 1 aromatic heterocycles. The first-order valence-electron chi connectivity index (χ1n) is 9.27. The molecule has 0 aliphatic carbocycles. The number of carbonyl (C=O) groups is 1. The number of aryl methyl sites for hydroxylation is 1. The second-order valence-corrected chi connectivity index (χ2v) is 7.02. The van der Waals surface area contributed by atoms with Crippen molar-refractivity contribution in [2.75, 3.05) is 44.7 Å². The van der Waals surface area contributed by atoms with Crippen LogP contribution in [0.3, 0.4) is 0 Å². The maximum Gasteiger partial charge on any atom is 0.323 e. The maximum atomic E-state index is 12.7. The molecule has 1 aromatic carbocycles. The summed E-state index contributed by atoms with van der Waals surface area (Å²) in [6.45, 7) is 3.77. The van der Waals surface area contributed by atoms with Gasteiger partial charge >= 0.3 is 6.03 Å². The Balaban J connectivity index is 1.41. The predicted molar refractivity (Wildman–Crippen MR) is 101 cm³/mol. The number of anilines is 1. The van der Waals surface area contributed by atoms with Crippen LogP contribution in [-0.2, 0) is 11.8 Å². The molecule has 2 N–H and O–H groups in total. The lowest BCUT2D eigenvalue weighted by Gasteiger charge is -2.33. The molecule has 8 nitrogen and oxygen atoms in total. The van der Waals surface area contributed by atoms with Crippen LogP contribution in [-0.4, -0.2) is 82.3 Å². The molecule has 4 rings (SSSR count). The zero-order chi connectivity index (χ0) is 18.8. The number of aliphatic hydroxyl groups excluding tert-OH is 1. The van der Waals surface area contributed by atoms with Gasteiger partial charge in [0.05, 0.1) is 37.6 Å². The minimum atomic E-state index is -0.541. The zero-order valence-corrected chi connectivity index (χ0v) is 15.4. The number of amides is 2. The minimum absolute atomic E-state index is 0.0360. The quantitative estimate of drug-likeness (QED) is 0.841. The summed E-state index contributed by atoms with van der Waals surface area (Å²) in [7, 11) is 1.80. The molecule has 2 atom stereocenters. The molecule has 2 aromatic rings. The van der Waals surface area contributed by atoms with Crippen LogP contribution in [0.4, 0.5) is 10.6 Å². The Morgan fingerprint density at radius 3 is 2.70 bits per heavy atom. The Hall–Kier alpha value is -2.42. The standard InChI is InChI=1S/C19H25N5O3/c1-22-18(11-15(21-22)14-5-3-2-4-6-14)20-19(26)24-12-16(17(25)13-24)23-7-9-27-10-8-23/h2-6,11,16-17,25H,7-10,12-13H2,1H3,(H,20,26). The van der Waals surface area contributed by atoms with Gasteiger partial charge in [-0.3, -0.25) is 14.9 Å². The van der Waals surface area contributed by atoms with E-state index < -0.39 is 6.10 Å². The number of aromatic nitrogens is 2.